The van der Waals surface area contributed by atoms with Gasteiger partial charge in [0.1, 0.15) is 18.0 Å². The van der Waals surface area contributed by atoms with E-state index in [1.54, 1.807) is 6.08 Å². The van der Waals surface area contributed by atoms with E-state index in [2.05, 4.69) is 30.6 Å². The molecule has 7 atom stereocenters. The number of ether oxygens (including phenoxy) is 4. The van der Waals surface area contributed by atoms with Crippen LogP contribution in [0.3, 0.4) is 0 Å². The van der Waals surface area contributed by atoms with Crippen LogP contribution in [0.25, 0.3) is 10.8 Å². The predicted octanol–water partition coefficient (Wildman–Crippen LogP) is 6.84. The van der Waals surface area contributed by atoms with Crippen molar-refractivity contribution in [3.63, 3.8) is 0 Å². The van der Waals surface area contributed by atoms with Crippen LogP contribution in [0.1, 0.15) is 79.6 Å². The lowest BCUT2D eigenvalue weighted by Crippen LogP contribution is -2.59. The molecule has 6 rings (SSSR count). The Morgan fingerprint density at radius 1 is 0.878 bits per heavy atom. The molecule has 3 saturated carbocycles. The Morgan fingerprint density at radius 2 is 1.61 bits per heavy atom. The maximum atomic E-state index is 14.1. The van der Waals surface area contributed by atoms with Crippen LogP contribution in [0.5, 0.6) is 5.75 Å². The van der Waals surface area contributed by atoms with Gasteiger partial charge in [-0.05, 0) is 101 Å². The zero-order valence-electron chi connectivity index (χ0n) is 29.8. The third-order valence-corrected chi connectivity index (χ3v) is 11.9. The van der Waals surface area contributed by atoms with Gasteiger partial charge in [0.05, 0.1) is 32.8 Å². The van der Waals surface area contributed by atoms with E-state index in [0.29, 0.717) is 50.8 Å². The van der Waals surface area contributed by atoms with Gasteiger partial charge >= 0.3 is 5.97 Å². The molecule has 0 aromatic heterocycles. The molecule has 2 amide bonds. The summed E-state index contributed by atoms with van der Waals surface area (Å²) in [6.45, 7) is 12.1. The molecular formula is C40H54N2O7. The van der Waals surface area contributed by atoms with Crippen molar-refractivity contribution in [2.24, 2.45) is 34.5 Å². The average molecular weight is 675 g/mol. The smallest absolute Gasteiger partial charge is 0.308 e. The van der Waals surface area contributed by atoms with Crippen LogP contribution in [-0.2, 0) is 28.6 Å². The van der Waals surface area contributed by atoms with Crippen LogP contribution in [0.4, 0.5) is 5.69 Å². The van der Waals surface area contributed by atoms with Gasteiger partial charge in [-0.3, -0.25) is 14.4 Å². The molecule has 4 aliphatic rings. The summed E-state index contributed by atoms with van der Waals surface area (Å²) in [6, 6.07) is 12.1. The number of rotatable bonds is 12. The van der Waals surface area contributed by atoms with Gasteiger partial charge in [0, 0.05) is 33.8 Å². The van der Waals surface area contributed by atoms with Crippen molar-refractivity contribution in [2.45, 2.75) is 91.2 Å². The molecule has 0 spiro atoms. The maximum absolute atomic E-state index is 14.1. The van der Waals surface area contributed by atoms with Crippen LogP contribution < -0.4 is 15.4 Å². The molecule has 2 N–H and O–H groups in total. The summed E-state index contributed by atoms with van der Waals surface area (Å²) in [6.07, 6.45) is 10.4. The molecular weight excluding hydrogens is 620 g/mol. The van der Waals surface area contributed by atoms with Gasteiger partial charge in [-0.15, -0.1) is 0 Å². The Morgan fingerprint density at radius 3 is 2.41 bits per heavy atom. The molecule has 9 heteroatoms. The minimum absolute atomic E-state index is 0.00771. The Balaban J connectivity index is 1.01. The molecule has 3 aliphatic carbocycles. The number of hydrogen-bond acceptors (Lipinski definition) is 7. The Kier molecular flexibility index (Phi) is 10.4. The highest BCUT2D eigenvalue weighted by Gasteiger charge is 2.60. The van der Waals surface area contributed by atoms with Crippen molar-refractivity contribution < 1.29 is 33.3 Å². The van der Waals surface area contributed by atoms with E-state index in [1.165, 1.54) is 0 Å². The number of fused-ring (bicyclic) bond motifs is 6. The van der Waals surface area contributed by atoms with Gasteiger partial charge in [-0.2, -0.15) is 0 Å². The molecule has 49 heavy (non-hydrogen) atoms. The number of benzene rings is 2. The summed E-state index contributed by atoms with van der Waals surface area (Å²) >= 11 is 0. The van der Waals surface area contributed by atoms with Crippen LogP contribution in [-0.4, -0.2) is 62.5 Å². The molecule has 3 fully saturated rings. The Bertz CT molecular complexity index is 1570. The summed E-state index contributed by atoms with van der Waals surface area (Å²) in [5.74, 6) is 2.23. The second-order valence-electron chi connectivity index (χ2n) is 15.9. The maximum Gasteiger partial charge on any atom is 0.308 e. The Hall–Kier alpha value is -3.43. The van der Waals surface area contributed by atoms with Crippen LogP contribution in [0.2, 0.25) is 0 Å². The van der Waals surface area contributed by atoms with Gasteiger partial charge < -0.3 is 29.6 Å². The minimum Gasteiger partial charge on any atom is -0.491 e. The number of amides is 2. The van der Waals surface area contributed by atoms with Gasteiger partial charge in [0.2, 0.25) is 11.8 Å². The number of nitrogens with one attached hydrogen (secondary N) is 2. The highest BCUT2D eigenvalue weighted by atomic mass is 16.6. The van der Waals surface area contributed by atoms with E-state index in [1.807, 2.05) is 57.2 Å². The molecule has 1 heterocycles. The van der Waals surface area contributed by atoms with Crippen molar-refractivity contribution in [1.29, 1.82) is 0 Å². The van der Waals surface area contributed by atoms with Crippen molar-refractivity contribution in [2.75, 3.05) is 38.4 Å². The number of anilines is 1. The SMILES string of the molecule is CC(C)(C)OC(=O)CCOCCOCCOc1cccc2c(NC(=O)[C@H]3CC[C@H]4[C@@H]5CC[C@H]6NC(=O)C=C[C@]6(C)[C@H]5CC[C@]34C)cccc12. The average Bonchev–Trinajstić information content (AvgIpc) is 3.41. The van der Waals surface area contributed by atoms with E-state index >= 15 is 0 Å². The van der Waals surface area contributed by atoms with Crippen molar-refractivity contribution >= 4 is 34.2 Å². The minimum atomic E-state index is -0.493. The van der Waals surface area contributed by atoms with E-state index in [4.69, 9.17) is 18.9 Å². The Labute approximate surface area is 290 Å². The monoisotopic (exact) mass is 674 g/mol. The molecule has 0 radical (unpaired) electrons. The number of esters is 1. The van der Waals surface area contributed by atoms with E-state index in [-0.39, 0.29) is 47.0 Å². The normalized spacial score (nSPS) is 30.6. The predicted molar refractivity (Wildman–Crippen MR) is 189 cm³/mol. The first-order valence-corrected chi connectivity index (χ1v) is 18.2. The van der Waals surface area contributed by atoms with E-state index in [9.17, 15) is 14.4 Å². The molecule has 1 aliphatic heterocycles. The highest BCUT2D eigenvalue weighted by molar-refractivity contribution is 6.04. The molecule has 2 aromatic rings. The summed E-state index contributed by atoms with van der Waals surface area (Å²) in [4.78, 5) is 37.9. The van der Waals surface area contributed by atoms with Gasteiger partial charge in [0.15, 0.2) is 0 Å². The highest BCUT2D eigenvalue weighted by Crippen LogP contribution is 2.65. The third-order valence-electron chi connectivity index (χ3n) is 11.9. The molecule has 0 unspecified atom stereocenters. The summed E-state index contributed by atoms with van der Waals surface area (Å²) < 4.78 is 22.5. The molecule has 2 aromatic carbocycles. The van der Waals surface area contributed by atoms with Crippen LogP contribution in [0.15, 0.2) is 48.6 Å². The number of carbonyl (C=O) groups excluding carboxylic acids is 3. The van der Waals surface area contributed by atoms with E-state index < -0.39 is 5.60 Å². The van der Waals surface area contributed by atoms with Crippen LogP contribution >= 0.6 is 0 Å². The lowest BCUT2D eigenvalue weighted by molar-refractivity contribution is -0.156. The van der Waals surface area contributed by atoms with Gasteiger partial charge in [-0.1, -0.05) is 44.2 Å². The second kappa shape index (κ2) is 14.4. The quantitative estimate of drug-likeness (QED) is 0.187. The van der Waals surface area contributed by atoms with Crippen LogP contribution in [0, 0.1) is 34.5 Å². The first kappa shape index (κ1) is 35.4. The third kappa shape index (κ3) is 7.53. The summed E-state index contributed by atoms with van der Waals surface area (Å²) in [5, 5.41) is 8.48. The fourth-order valence-corrected chi connectivity index (χ4v) is 9.58. The van der Waals surface area contributed by atoms with Gasteiger partial charge in [0.25, 0.3) is 0 Å². The standard InChI is InChI=1S/C40H54N2O7/c1-38(2,3)49-36(44)18-21-46-22-23-47-24-25-48-33-11-7-8-26-27(33)9-6-10-32(26)41-37(45)31-14-13-29-28-12-15-34-40(5,20-17-35(43)42-34)30(28)16-19-39(29,31)4/h6-11,17,20,28-31,34H,12-16,18-19,21-25H2,1-5H3,(H,41,45)(H,42,43)/t28-,29-,30-,31+,34+,39-,40+/m0/s1. The van der Waals surface area contributed by atoms with Gasteiger partial charge in [-0.25, -0.2) is 0 Å². The van der Waals surface area contributed by atoms with E-state index in [0.717, 1.165) is 60.7 Å². The summed E-state index contributed by atoms with van der Waals surface area (Å²) in [5.41, 5.74) is 0.279. The fraction of sp³-hybridized carbons (Fsp3) is 0.625. The first-order chi connectivity index (χ1) is 23.4. The van der Waals surface area contributed by atoms with Crippen molar-refractivity contribution in [3.8, 4) is 5.75 Å². The first-order valence-electron chi connectivity index (χ1n) is 18.2. The molecule has 0 saturated heterocycles. The molecule has 9 nitrogen and oxygen atoms in total. The zero-order chi connectivity index (χ0) is 34.8. The topological polar surface area (TPSA) is 112 Å². The molecule has 266 valence electrons. The summed E-state index contributed by atoms with van der Waals surface area (Å²) in [7, 11) is 0. The molecule has 0 bridgehead atoms. The number of hydrogen-bond donors (Lipinski definition) is 2. The fourth-order valence-electron chi connectivity index (χ4n) is 9.58. The lowest BCUT2D eigenvalue weighted by Gasteiger charge is -2.58. The lowest BCUT2D eigenvalue weighted by atomic mass is 9.48. The zero-order valence-corrected chi connectivity index (χ0v) is 29.8. The number of carbonyl (C=O) groups is 3. The largest absolute Gasteiger partial charge is 0.491 e. The van der Waals surface area contributed by atoms with Crippen molar-refractivity contribution in [3.05, 3.63) is 48.6 Å². The second-order valence-corrected chi connectivity index (χ2v) is 15.9. The van der Waals surface area contributed by atoms with Crippen molar-refractivity contribution in [1.82, 2.24) is 5.32 Å².